The second-order valence-corrected chi connectivity index (χ2v) is 2.93. The molecule has 3 heteroatoms. The van der Waals surface area contributed by atoms with Crippen LogP contribution in [0.2, 0.25) is 0 Å². The molecule has 1 heterocycles. The minimum atomic E-state index is 0.0292. The molecule has 0 unspecified atom stereocenters. The topological polar surface area (TPSA) is 42.4 Å². The molecule has 0 fully saturated rings. The zero-order valence-corrected chi connectivity index (χ0v) is 7.68. The van der Waals surface area contributed by atoms with E-state index >= 15 is 0 Å². The van der Waals surface area contributed by atoms with Crippen molar-refractivity contribution in [2.75, 3.05) is 13.2 Å². The van der Waals surface area contributed by atoms with E-state index < -0.39 is 0 Å². The summed E-state index contributed by atoms with van der Waals surface area (Å²) in [5, 5.41) is 10.7. The Balaban J connectivity index is 2.43. The number of aliphatic hydroxyl groups excluding tert-OH is 1. The van der Waals surface area contributed by atoms with Crippen LogP contribution in [0.1, 0.15) is 0 Å². The Morgan fingerprint density at radius 3 is 3.07 bits per heavy atom. The highest BCUT2D eigenvalue weighted by Crippen LogP contribution is 2.23. The summed E-state index contributed by atoms with van der Waals surface area (Å²) >= 11 is 0. The molecule has 0 amide bonds. The monoisotopic (exact) mass is 189 g/mol. The second kappa shape index (κ2) is 4.07. The molecule has 1 N–H and O–H groups in total. The van der Waals surface area contributed by atoms with Gasteiger partial charge >= 0.3 is 0 Å². The molecule has 2 rings (SSSR count). The van der Waals surface area contributed by atoms with E-state index in [1.165, 1.54) is 0 Å². The van der Waals surface area contributed by atoms with Crippen molar-refractivity contribution in [1.29, 1.82) is 0 Å². The molecule has 0 atom stereocenters. The van der Waals surface area contributed by atoms with Crippen molar-refractivity contribution in [1.82, 2.24) is 4.98 Å². The van der Waals surface area contributed by atoms with Crippen molar-refractivity contribution in [2.45, 2.75) is 0 Å². The maximum Gasteiger partial charge on any atom is 0.127 e. The van der Waals surface area contributed by atoms with E-state index in [4.69, 9.17) is 9.84 Å². The summed E-state index contributed by atoms with van der Waals surface area (Å²) < 4.78 is 5.39. The van der Waals surface area contributed by atoms with Crippen LogP contribution in [0.3, 0.4) is 0 Å². The van der Waals surface area contributed by atoms with Gasteiger partial charge in [-0.05, 0) is 12.1 Å². The fourth-order valence-corrected chi connectivity index (χ4v) is 1.37. The number of fused-ring (bicyclic) bond motifs is 1. The lowest BCUT2D eigenvalue weighted by molar-refractivity contribution is 0.203. The molecule has 0 aliphatic carbocycles. The van der Waals surface area contributed by atoms with Crippen LogP contribution in [0, 0.1) is 0 Å². The lowest BCUT2D eigenvalue weighted by Gasteiger charge is -2.06. The van der Waals surface area contributed by atoms with Crippen LogP contribution in [-0.2, 0) is 0 Å². The van der Waals surface area contributed by atoms with Gasteiger partial charge in [-0.3, -0.25) is 4.98 Å². The summed E-state index contributed by atoms with van der Waals surface area (Å²) in [6, 6.07) is 7.69. The van der Waals surface area contributed by atoms with Crippen LogP contribution in [0.4, 0.5) is 0 Å². The SMILES string of the molecule is OCCOc1cccc2cnccc12. The summed E-state index contributed by atoms with van der Waals surface area (Å²) in [6.07, 6.45) is 3.52. The van der Waals surface area contributed by atoms with E-state index in [1.54, 1.807) is 12.4 Å². The molecule has 0 spiro atoms. The smallest absolute Gasteiger partial charge is 0.127 e. The number of benzene rings is 1. The van der Waals surface area contributed by atoms with Gasteiger partial charge < -0.3 is 9.84 Å². The largest absolute Gasteiger partial charge is 0.491 e. The third-order valence-corrected chi connectivity index (χ3v) is 1.99. The maximum absolute atomic E-state index is 8.66. The van der Waals surface area contributed by atoms with Crippen molar-refractivity contribution in [3.8, 4) is 5.75 Å². The van der Waals surface area contributed by atoms with Crippen molar-refractivity contribution in [3.05, 3.63) is 36.7 Å². The van der Waals surface area contributed by atoms with Gasteiger partial charge in [0.15, 0.2) is 0 Å². The molecule has 0 aliphatic rings. The summed E-state index contributed by atoms with van der Waals surface area (Å²) in [5.74, 6) is 0.791. The molecule has 0 saturated carbocycles. The standard InChI is InChI=1S/C11H11NO2/c13-6-7-14-11-3-1-2-9-8-12-5-4-10(9)11/h1-5,8,13H,6-7H2. The number of rotatable bonds is 3. The van der Waals surface area contributed by atoms with Crippen molar-refractivity contribution >= 4 is 10.8 Å². The molecule has 14 heavy (non-hydrogen) atoms. The molecule has 3 nitrogen and oxygen atoms in total. The number of nitrogens with zero attached hydrogens (tertiary/aromatic N) is 1. The van der Waals surface area contributed by atoms with Crippen LogP contribution in [-0.4, -0.2) is 23.3 Å². The van der Waals surface area contributed by atoms with E-state index in [9.17, 15) is 0 Å². The first-order valence-electron chi connectivity index (χ1n) is 4.48. The number of ether oxygens (including phenoxy) is 1. The van der Waals surface area contributed by atoms with E-state index in [1.807, 2.05) is 24.3 Å². The third kappa shape index (κ3) is 1.67. The number of aromatic nitrogens is 1. The number of aliphatic hydroxyl groups is 1. The molecule has 1 aromatic heterocycles. The Kier molecular flexibility index (Phi) is 2.60. The van der Waals surface area contributed by atoms with Crippen LogP contribution in [0.25, 0.3) is 10.8 Å². The third-order valence-electron chi connectivity index (χ3n) is 1.99. The molecule has 72 valence electrons. The van der Waals surface area contributed by atoms with Gasteiger partial charge in [-0.1, -0.05) is 12.1 Å². The highest BCUT2D eigenvalue weighted by Gasteiger charge is 2.00. The van der Waals surface area contributed by atoms with Crippen LogP contribution in [0.15, 0.2) is 36.7 Å². The van der Waals surface area contributed by atoms with Crippen molar-refractivity contribution in [3.63, 3.8) is 0 Å². The van der Waals surface area contributed by atoms with Gasteiger partial charge in [-0.15, -0.1) is 0 Å². The van der Waals surface area contributed by atoms with Gasteiger partial charge in [-0.25, -0.2) is 0 Å². The molecule has 0 bridgehead atoms. The highest BCUT2D eigenvalue weighted by molar-refractivity contribution is 5.87. The first-order chi connectivity index (χ1) is 6.92. The number of pyridine rings is 1. The summed E-state index contributed by atoms with van der Waals surface area (Å²) in [7, 11) is 0. The Morgan fingerprint density at radius 1 is 1.29 bits per heavy atom. The van der Waals surface area contributed by atoms with Crippen LogP contribution in [0.5, 0.6) is 5.75 Å². The molecule has 0 radical (unpaired) electrons. The molecule has 0 saturated heterocycles. The quantitative estimate of drug-likeness (QED) is 0.797. The van der Waals surface area contributed by atoms with Crippen molar-refractivity contribution in [2.24, 2.45) is 0 Å². The van der Waals surface area contributed by atoms with Crippen LogP contribution < -0.4 is 4.74 Å². The van der Waals surface area contributed by atoms with Crippen LogP contribution >= 0.6 is 0 Å². The van der Waals surface area contributed by atoms with Crippen molar-refractivity contribution < 1.29 is 9.84 Å². The minimum absolute atomic E-state index is 0.0292. The molecular formula is C11H11NO2. The summed E-state index contributed by atoms with van der Waals surface area (Å²) in [6.45, 7) is 0.350. The lowest BCUT2D eigenvalue weighted by Crippen LogP contribution is -2.01. The zero-order chi connectivity index (χ0) is 9.80. The molecule has 2 aromatic rings. The summed E-state index contributed by atoms with van der Waals surface area (Å²) in [4.78, 5) is 4.03. The fourth-order valence-electron chi connectivity index (χ4n) is 1.37. The Labute approximate surface area is 82.0 Å². The Morgan fingerprint density at radius 2 is 2.21 bits per heavy atom. The fraction of sp³-hybridized carbons (Fsp3) is 0.182. The maximum atomic E-state index is 8.66. The predicted molar refractivity (Wildman–Crippen MR) is 54.3 cm³/mol. The zero-order valence-electron chi connectivity index (χ0n) is 7.68. The van der Waals surface area contributed by atoms with E-state index in [0.29, 0.717) is 6.61 Å². The average molecular weight is 189 g/mol. The predicted octanol–water partition coefficient (Wildman–Crippen LogP) is 1.61. The first-order valence-corrected chi connectivity index (χ1v) is 4.48. The van der Waals surface area contributed by atoms with Gasteiger partial charge in [0.25, 0.3) is 0 Å². The van der Waals surface area contributed by atoms with Gasteiger partial charge in [0.2, 0.25) is 0 Å². The highest BCUT2D eigenvalue weighted by atomic mass is 16.5. The Hall–Kier alpha value is -1.61. The van der Waals surface area contributed by atoms with Gasteiger partial charge in [-0.2, -0.15) is 0 Å². The first kappa shape index (κ1) is 8.97. The van der Waals surface area contributed by atoms with Gasteiger partial charge in [0, 0.05) is 23.2 Å². The summed E-state index contributed by atoms with van der Waals surface area (Å²) in [5.41, 5.74) is 0. The Bertz CT molecular complexity index is 423. The van der Waals surface area contributed by atoms with E-state index in [-0.39, 0.29) is 6.61 Å². The number of hydrogen-bond acceptors (Lipinski definition) is 3. The van der Waals surface area contributed by atoms with Gasteiger partial charge in [0.05, 0.1) is 6.61 Å². The second-order valence-electron chi connectivity index (χ2n) is 2.93. The average Bonchev–Trinajstić information content (AvgIpc) is 2.26. The molecule has 1 aromatic carbocycles. The molecular weight excluding hydrogens is 178 g/mol. The van der Waals surface area contributed by atoms with E-state index in [0.717, 1.165) is 16.5 Å². The lowest BCUT2D eigenvalue weighted by atomic mass is 10.1. The number of hydrogen-bond donors (Lipinski definition) is 1. The normalized spacial score (nSPS) is 10.4. The van der Waals surface area contributed by atoms with E-state index in [2.05, 4.69) is 4.98 Å². The molecule has 0 aliphatic heterocycles. The minimum Gasteiger partial charge on any atom is -0.491 e. The van der Waals surface area contributed by atoms with Gasteiger partial charge in [0.1, 0.15) is 12.4 Å².